The Morgan fingerprint density at radius 2 is 2.09 bits per heavy atom. The van der Waals surface area contributed by atoms with Crippen molar-refractivity contribution in [3.8, 4) is 0 Å². The summed E-state index contributed by atoms with van der Waals surface area (Å²) < 4.78 is 4.87. The summed E-state index contributed by atoms with van der Waals surface area (Å²) in [5.74, 6) is -0.388. The second-order valence-electron chi connectivity index (χ2n) is 5.34. The highest BCUT2D eigenvalue weighted by Gasteiger charge is 2.33. The van der Waals surface area contributed by atoms with Gasteiger partial charge in [-0.25, -0.2) is 0 Å². The molecule has 0 spiro atoms. The summed E-state index contributed by atoms with van der Waals surface area (Å²) in [4.78, 5) is 26.1. The van der Waals surface area contributed by atoms with E-state index in [1.54, 1.807) is 17.9 Å². The topological polar surface area (TPSA) is 75.4 Å². The molecule has 1 fully saturated rings. The van der Waals surface area contributed by atoms with Gasteiger partial charge in [-0.15, -0.1) is 0 Å². The van der Waals surface area contributed by atoms with Gasteiger partial charge in [0.15, 0.2) is 5.82 Å². The Kier molecular flexibility index (Phi) is 3.91. The van der Waals surface area contributed by atoms with E-state index in [0.29, 0.717) is 12.3 Å². The second kappa shape index (κ2) is 6.01. The summed E-state index contributed by atoms with van der Waals surface area (Å²) in [6.07, 6.45) is 1.76. The number of likely N-dealkylation sites (tertiary alicyclic amines) is 1. The van der Waals surface area contributed by atoms with Crippen LogP contribution in [0.4, 0.5) is 5.82 Å². The molecule has 1 aliphatic heterocycles. The zero-order valence-corrected chi connectivity index (χ0v) is 12.3. The second-order valence-corrected chi connectivity index (χ2v) is 5.34. The van der Waals surface area contributed by atoms with E-state index >= 15 is 0 Å². The van der Waals surface area contributed by atoms with E-state index in [9.17, 15) is 9.59 Å². The number of hydrogen-bond donors (Lipinski definition) is 1. The molecular formula is C16H17N3O3. The number of rotatable bonds is 2. The molecule has 0 aliphatic carbocycles. The molecule has 6 nitrogen and oxygen atoms in total. The van der Waals surface area contributed by atoms with Gasteiger partial charge in [-0.1, -0.05) is 35.5 Å². The Morgan fingerprint density at radius 3 is 2.77 bits per heavy atom. The summed E-state index contributed by atoms with van der Waals surface area (Å²) in [5.41, 5.74) is 1.05. The third-order valence-electron chi connectivity index (χ3n) is 3.76. The maximum absolute atomic E-state index is 12.4. The average Bonchev–Trinajstić information content (AvgIpc) is 3.16. The van der Waals surface area contributed by atoms with Gasteiger partial charge in [-0.3, -0.25) is 14.9 Å². The Bertz CT molecular complexity index is 681. The standard InChI is InChI=1S/C16H17N3O3/c1-11-10-14(18-22-11)17-15(20)16(21)19-9-5-8-13(19)12-6-3-2-4-7-12/h2-4,6-7,10,13H,5,8-9H2,1H3,(H,17,18,20). The molecule has 1 N–H and O–H groups in total. The van der Waals surface area contributed by atoms with Gasteiger partial charge >= 0.3 is 11.8 Å². The normalized spacial score (nSPS) is 17.5. The lowest BCUT2D eigenvalue weighted by Gasteiger charge is -2.24. The van der Waals surface area contributed by atoms with Crippen LogP contribution in [-0.4, -0.2) is 28.4 Å². The Morgan fingerprint density at radius 1 is 1.32 bits per heavy atom. The van der Waals surface area contributed by atoms with Gasteiger partial charge < -0.3 is 9.42 Å². The molecule has 3 rings (SSSR count). The number of hydrogen-bond acceptors (Lipinski definition) is 4. The van der Waals surface area contributed by atoms with E-state index in [0.717, 1.165) is 18.4 Å². The fourth-order valence-corrected chi connectivity index (χ4v) is 2.76. The quantitative estimate of drug-likeness (QED) is 0.863. The average molecular weight is 299 g/mol. The number of aryl methyl sites for hydroxylation is 1. The molecule has 22 heavy (non-hydrogen) atoms. The molecule has 1 atom stereocenters. The Balaban J connectivity index is 1.72. The van der Waals surface area contributed by atoms with Crippen LogP contribution in [0.1, 0.15) is 30.2 Å². The molecule has 114 valence electrons. The number of aromatic nitrogens is 1. The van der Waals surface area contributed by atoms with Crippen molar-refractivity contribution in [2.45, 2.75) is 25.8 Å². The van der Waals surface area contributed by atoms with Crippen LogP contribution in [0.2, 0.25) is 0 Å². The summed E-state index contributed by atoms with van der Waals surface area (Å²) in [6, 6.07) is 11.3. The van der Waals surface area contributed by atoms with E-state index < -0.39 is 11.8 Å². The zero-order valence-electron chi connectivity index (χ0n) is 12.3. The number of amides is 2. The minimum Gasteiger partial charge on any atom is -0.360 e. The largest absolute Gasteiger partial charge is 0.360 e. The highest BCUT2D eigenvalue weighted by molar-refractivity contribution is 6.39. The van der Waals surface area contributed by atoms with Crippen molar-refractivity contribution < 1.29 is 14.1 Å². The van der Waals surface area contributed by atoms with Crippen LogP contribution in [0.5, 0.6) is 0 Å². The van der Waals surface area contributed by atoms with Crippen molar-refractivity contribution in [2.24, 2.45) is 0 Å². The van der Waals surface area contributed by atoms with Gasteiger partial charge in [0.1, 0.15) is 5.76 Å². The molecule has 1 aromatic heterocycles. The highest BCUT2D eigenvalue weighted by atomic mass is 16.5. The van der Waals surface area contributed by atoms with Gasteiger partial charge in [-0.2, -0.15) is 0 Å². The first kappa shape index (κ1) is 14.3. The van der Waals surface area contributed by atoms with Crippen molar-refractivity contribution in [1.29, 1.82) is 0 Å². The van der Waals surface area contributed by atoms with E-state index in [4.69, 9.17) is 4.52 Å². The molecule has 2 amide bonds. The van der Waals surface area contributed by atoms with E-state index in [-0.39, 0.29) is 11.9 Å². The van der Waals surface area contributed by atoms with Crippen LogP contribution in [0, 0.1) is 6.92 Å². The third kappa shape index (κ3) is 2.86. The number of carbonyl (C=O) groups excluding carboxylic acids is 2. The highest BCUT2D eigenvalue weighted by Crippen LogP contribution is 2.31. The van der Waals surface area contributed by atoms with Crippen molar-refractivity contribution >= 4 is 17.6 Å². The SMILES string of the molecule is Cc1cc(NC(=O)C(=O)N2CCCC2c2ccccc2)no1. The van der Waals surface area contributed by atoms with Crippen LogP contribution in [0.15, 0.2) is 40.9 Å². The van der Waals surface area contributed by atoms with Crippen molar-refractivity contribution in [2.75, 3.05) is 11.9 Å². The summed E-state index contributed by atoms with van der Waals surface area (Å²) >= 11 is 0. The number of anilines is 1. The molecule has 0 bridgehead atoms. The third-order valence-corrected chi connectivity index (χ3v) is 3.76. The van der Waals surface area contributed by atoms with Crippen LogP contribution >= 0.6 is 0 Å². The first-order valence-corrected chi connectivity index (χ1v) is 7.25. The molecule has 2 heterocycles. The summed E-state index contributed by atoms with van der Waals surface area (Å²) in [5, 5.41) is 6.14. The summed E-state index contributed by atoms with van der Waals surface area (Å²) in [6.45, 7) is 2.31. The van der Waals surface area contributed by atoms with Gasteiger partial charge in [0.2, 0.25) is 0 Å². The number of carbonyl (C=O) groups is 2. The number of nitrogens with one attached hydrogen (secondary N) is 1. The molecule has 6 heteroatoms. The molecular weight excluding hydrogens is 282 g/mol. The van der Waals surface area contributed by atoms with Crippen molar-refractivity contribution in [3.63, 3.8) is 0 Å². The summed E-state index contributed by atoms with van der Waals surface area (Å²) in [7, 11) is 0. The Hall–Kier alpha value is -2.63. The molecule has 0 radical (unpaired) electrons. The fraction of sp³-hybridized carbons (Fsp3) is 0.312. The first-order valence-electron chi connectivity index (χ1n) is 7.25. The molecule has 1 unspecified atom stereocenters. The lowest BCUT2D eigenvalue weighted by Crippen LogP contribution is -2.39. The molecule has 1 aliphatic rings. The van der Waals surface area contributed by atoms with Crippen LogP contribution in [0.25, 0.3) is 0 Å². The van der Waals surface area contributed by atoms with Gasteiger partial charge in [-0.05, 0) is 25.3 Å². The number of benzene rings is 1. The maximum Gasteiger partial charge on any atom is 0.315 e. The predicted molar refractivity (Wildman–Crippen MR) is 80.0 cm³/mol. The minimum atomic E-state index is -0.684. The predicted octanol–water partition coefficient (Wildman–Crippen LogP) is 2.29. The lowest BCUT2D eigenvalue weighted by atomic mass is 10.0. The van der Waals surface area contributed by atoms with E-state index in [1.165, 1.54) is 0 Å². The van der Waals surface area contributed by atoms with Gasteiger partial charge in [0.25, 0.3) is 0 Å². The minimum absolute atomic E-state index is 0.0431. The Labute approximate surface area is 128 Å². The first-order chi connectivity index (χ1) is 10.6. The smallest absolute Gasteiger partial charge is 0.315 e. The van der Waals surface area contributed by atoms with E-state index in [2.05, 4.69) is 10.5 Å². The van der Waals surface area contributed by atoms with Crippen LogP contribution in [-0.2, 0) is 9.59 Å². The molecule has 0 saturated carbocycles. The van der Waals surface area contributed by atoms with Crippen molar-refractivity contribution in [3.05, 3.63) is 47.7 Å². The van der Waals surface area contributed by atoms with E-state index in [1.807, 2.05) is 30.3 Å². The molecule has 1 aromatic carbocycles. The zero-order chi connectivity index (χ0) is 15.5. The maximum atomic E-state index is 12.4. The van der Waals surface area contributed by atoms with Crippen molar-refractivity contribution in [1.82, 2.24) is 10.1 Å². The van der Waals surface area contributed by atoms with Crippen LogP contribution in [0.3, 0.4) is 0 Å². The van der Waals surface area contributed by atoms with Crippen LogP contribution < -0.4 is 5.32 Å². The van der Waals surface area contributed by atoms with Gasteiger partial charge in [0.05, 0.1) is 6.04 Å². The fourth-order valence-electron chi connectivity index (χ4n) is 2.76. The molecule has 1 saturated heterocycles. The number of nitrogens with zero attached hydrogens (tertiary/aromatic N) is 2. The monoisotopic (exact) mass is 299 g/mol. The van der Waals surface area contributed by atoms with Gasteiger partial charge in [0, 0.05) is 12.6 Å². The lowest BCUT2D eigenvalue weighted by molar-refractivity contribution is -0.143. The molecule has 2 aromatic rings.